The summed E-state index contributed by atoms with van der Waals surface area (Å²) in [5.74, 6) is 2.60. The lowest BCUT2D eigenvalue weighted by molar-refractivity contribution is 0.122. The number of rotatable bonds is 5. The Morgan fingerprint density at radius 1 is 1.15 bits per heavy atom. The first-order valence-corrected chi connectivity index (χ1v) is 9.46. The van der Waals surface area contributed by atoms with Gasteiger partial charge in [-0.15, -0.1) is 10.2 Å². The molecule has 26 heavy (non-hydrogen) atoms. The van der Waals surface area contributed by atoms with Gasteiger partial charge in [0.05, 0.1) is 24.7 Å². The van der Waals surface area contributed by atoms with Crippen molar-refractivity contribution in [1.29, 1.82) is 0 Å². The molecule has 0 amide bonds. The molecule has 3 aromatic rings. The third-order valence-electron chi connectivity index (χ3n) is 4.06. The molecule has 0 atom stereocenters. The van der Waals surface area contributed by atoms with Gasteiger partial charge in [-0.05, 0) is 31.5 Å². The lowest BCUT2D eigenvalue weighted by Crippen LogP contribution is -2.37. The molecule has 0 bridgehead atoms. The highest BCUT2D eigenvalue weighted by Crippen LogP contribution is 2.29. The summed E-state index contributed by atoms with van der Waals surface area (Å²) in [7, 11) is 0. The van der Waals surface area contributed by atoms with Gasteiger partial charge in [-0.2, -0.15) is 4.98 Å². The van der Waals surface area contributed by atoms with Crippen LogP contribution in [-0.4, -0.2) is 51.2 Å². The van der Waals surface area contributed by atoms with Crippen LogP contribution in [0, 0.1) is 13.8 Å². The number of hydrogen-bond acceptors (Lipinski definition) is 8. The van der Waals surface area contributed by atoms with Crippen LogP contribution in [0.25, 0.3) is 5.69 Å². The van der Waals surface area contributed by atoms with Gasteiger partial charge in [0.2, 0.25) is 11.8 Å². The van der Waals surface area contributed by atoms with E-state index in [1.807, 2.05) is 13.0 Å². The van der Waals surface area contributed by atoms with Crippen LogP contribution in [0.3, 0.4) is 0 Å². The first-order valence-electron chi connectivity index (χ1n) is 8.48. The Morgan fingerprint density at radius 3 is 2.73 bits per heavy atom. The van der Waals surface area contributed by atoms with E-state index in [0.717, 1.165) is 29.9 Å². The Balaban J connectivity index is 1.67. The van der Waals surface area contributed by atoms with Crippen LogP contribution in [0.4, 0.5) is 5.95 Å². The highest BCUT2D eigenvalue weighted by atomic mass is 32.2. The van der Waals surface area contributed by atoms with Crippen molar-refractivity contribution >= 4 is 17.7 Å². The van der Waals surface area contributed by atoms with Gasteiger partial charge in [-0.25, -0.2) is 0 Å². The molecule has 4 rings (SSSR count). The number of thioether (sulfide) groups is 1. The minimum atomic E-state index is 0.550. The van der Waals surface area contributed by atoms with E-state index in [1.54, 1.807) is 0 Å². The molecule has 0 aliphatic carbocycles. The number of morpholine rings is 1. The van der Waals surface area contributed by atoms with E-state index in [2.05, 4.69) is 54.9 Å². The van der Waals surface area contributed by atoms with E-state index < -0.39 is 0 Å². The molecule has 1 fully saturated rings. The quantitative estimate of drug-likeness (QED) is 0.632. The van der Waals surface area contributed by atoms with Crippen molar-refractivity contribution in [2.75, 3.05) is 31.2 Å². The lowest BCUT2D eigenvalue weighted by atomic mass is 10.2. The molecule has 0 spiro atoms. The van der Waals surface area contributed by atoms with E-state index in [4.69, 9.17) is 9.26 Å². The summed E-state index contributed by atoms with van der Waals surface area (Å²) >= 11 is 1.53. The molecule has 0 N–H and O–H groups in total. The van der Waals surface area contributed by atoms with Crippen LogP contribution in [0.5, 0.6) is 0 Å². The molecule has 1 aromatic carbocycles. The predicted octanol–water partition coefficient (Wildman–Crippen LogP) is 2.40. The van der Waals surface area contributed by atoms with Crippen LogP contribution in [0.15, 0.2) is 33.9 Å². The van der Waals surface area contributed by atoms with E-state index >= 15 is 0 Å². The molecule has 1 saturated heterocycles. The Labute approximate surface area is 155 Å². The molecule has 1 aliphatic heterocycles. The predicted molar refractivity (Wildman–Crippen MR) is 97.7 cm³/mol. The van der Waals surface area contributed by atoms with Crippen molar-refractivity contribution in [3.8, 4) is 5.69 Å². The summed E-state index contributed by atoms with van der Waals surface area (Å²) in [4.78, 5) is 6.46. The SMILES string of the molecule is Cc1cccc(-n2c(SCc3nc(C)no3)nnc2N2CCOCC2)c1. The summed E-state index contributed by atoms with van der Waals surface area (Å²) in [5, 5.41) is 13.5. The molecule has 8 nitrogen and oxygen atoms in total. The second kappa shape index (κ2) is 7.46. The molecule has 0 unspecified atom stereocenters. The molecule has 0 radical (unpaired) electrons. The largest absolute Gasteiger partial charge is 0.378 e. The fraction of sp³-hybridized carbons (Fsp3) is 0.412. The van der Waals surface area contributed by atoms with Gasteiger partial charge in [0.1, 0.15) is 0 Å². The number of aromatic nitrogens is 5. The zero-order chi connectivity index (χ0) is 17.9. The Hall–Kier alpha value is -2.39. The van der Waals surface area contributed by atoms with Crippen LogP contribution in [-0.2, 0) is 10.5 Å². The fourth-order valence-corrected chi connectivity index (χ4v) is 3.63. The number of benzene rings is 1. The Bertz CT molecular complexity index is 887. The van der Waals surface area contributed by atoms with Crippen molar-refractivity contribution in [2.24, 2.45) is 0 Å². The van der Waals surface area contributed by atoms with Crippen LogP contribution >= 0.6 is 11.8 Å². The highest BCUT2D eigenvalue weighted by Gasteiger charge is 2.22. The van der Waals surface area contributed by atoms with E-state index in [0.29, 0.717) is 30.7 Å². The standard InChI is InChI=1S/C17H20N6O2S/c1-12-4-3-5-14(10-12)23-16(22-6-8-24-9-7-22)19-20-17(23)26-11-15-18-13(2)21-25-15/h3-5,10H,6-9,11H2,1-2H3. The van der Waals surface area contributed by atoms with Gasteiger partial charge in [-0.3, -0.25) is 4.57 Å². The molecular weight excluding hydrogens is 352 g/mol. The minimum Gasteiger partial charge on any atom is -0.378 e. The minimum absolute atomic E-state index is 0.550. The van der Waals surface area contributed by atoms with Gasteiger partial charge in [0, 0.05) is 13.1 Å². The third-order valence-corrected chi connectivity index (χ3v) is 4.98. The van der Waals surface area contributed by atoms with Gasteiger partial charge in [-0.1, -0.05) is 29.1 Å². The average Bonchev–Trinajstić information content (AvgIpc) is 3.26. The molecule has 0 saturated carbocycles. The summed E-state index contributed by atoms with van der Waals surface area (Å²) in [6.45, 7) is 6.89. The fourth-order valence-electron chi connectivity index (χ4n) is 2.84. The first kappa shape index (κ1) is 17.0. The third kappa shape index (κ3) is 3.58. The summed E-state index contributed by atoms with van der Waals surface area (Å²) in [5.41, 5.74) is 2.23. The van der Waals surface area contributed by atoms with Gasteiger partial charge in [0.25, 0.3) is 0 Å². The number of nitrogens with zero attached hydrogens (tertiary/aromatic N) is 6. The molecule has 9 heteroatoms. The number of aryl methyl sites for hydroxylation is 2. The van der Waals surface area contributed by atoms with Crippen molar-refractivity contribution in [2.45, 2.75) is 24.8 Å². The van der Waals surface area contributed by atoms with Gasteiger partial charge >= 0.3 is 0 Å². The highest BCUT2D eigenvalue weighted by molar-refractivity contribution is 7.98. The topological polar surface area (TPSA) is 82.1 Å². The van der Waals surface area contributed by atoms with Crippen LogP contribution in [0.2, 0.25) is 0 Å². The first-order chi connectivity index (χ1) is 12.7. The summed E-state index contributed by atoms with van der Waals surface area (Å²) in [6.07, 6.45) is 0. The second-order valence-electron chi connectivity index (χ2n) is 6.08. The Kier molecular flexibility index (Phi) is 4.89. The summed E-state index contributed by atoms with van der Waals surface area (Å²) in [6, 6.07) is 8.33. The molecule has 3 heterocycles. The average molecular weight is 372 g/mol. The smallest absolute Gasteiger partial charge is 0.237 e. The normalized spacial score (nSPS) is 14.8. The van der Waals surface area contributed by atoms with E-state index in [-0.39, 0.29) is 0 Å². The Morgan fingerprint density at radius 2 is 2.00 bits per heavy atom. The van der Waals surface area contributed by atoms with Crippen molar-refractivity contribution < 1.29 is 9.26 Å². The maximum absolute atomic E-state index is 5.47. The second-order valence-corrected chi connectivity index (χ2v) is 7.02. The molecular formula is C17H20N6O2S. The molecule has 2 aromatic heterocycles. The zero-order valence-corrected chi connectivity index (χ0v) is 15.6. The van der Waals surface area contributed by atoms with Gasteiger partial charge < -0.3 is 14.2 Å². The monoisotopic (exact) mass is 372 g/mol. The summed E-state index contributed by atoms with van der Waals surface area (Å²) < 4.78 is 12.8. The molecule has 136 valence electrons. The number of anilines is 1. The van der Waals surface area contributed by atoms with Crippen molar-refractivity contribution in [1.82, 2.24) is 24.9 Å². The van der Waals surface area contributed by atoms with Gasteiger partial charge in [0.15, 0.2) is 11.0 Å². The molecule has 1 aliphatic rings. The maximum Gasteiger partial charge on any atom is 0.237 e. The lowest BCUT2D eigenvalue weighted by Gasteiger charge is -2.28. The maximum atomic E-state index is 5.47. The number of hydrogen-bond donors (Lipinski definition) is 0. The van der Waals surface area contributed by atoms with E-state index in [1.165, 1.54) is 17.3 Å². The van der Waals surface area contributed by atoms with Crippen molar-refractivity contribution in [3.63, 3.8) is 0 Å². The van der Waals surface area contributed by atoms with Crippen LogP contribution < -0.4 is 4.90 Å². The van der Waals surface area contributed by atoms with Crippen molar-refractivity contribution in [3.05, 3.63) is 41.5 Å². The zero-order valence-electron chi connectivity index (χ0n) is 14.8. The number of ether oxygens (including phenoxy) is 1. The van der Waals surface area contributed by atoms with E-state index in [9.17, 15) is 0 Å². The van der Waals surface area contributed by atoms with Crippen LogP contribution in [0.1, 0.15) is 17.3 Å².